The Morgan fingerprint density at radius 1 is 0.875 bits per heavy atom. The van der Waals surface area contributed by atoms with Gasteiger partial charge in [0.2, 0.25) is 0 Å². The standard InChI is InChI=1S/C21H38F2O/c1-5-19(21(23)20(22)15(3)24-4)18-12-10-17(11-13-18)16-8-6-14(2)7-9-16/h14-21H,5-13H2,1-4H3. The maximum Gasteiger partial charge on any atom is 0.157 e. The molecule has 0 saturated heterocycles. The molecule has 0 heterocycles. The van der Waals surface area contributed by atoms with Crippen LogP contribution in [0.2, 0.25) is 0 Å². The Morgan fingerprint density at radius 2 is 1.38 bits per heavy atom. The molecule has 0 aromatic carbocycles. The van der Waals surface area contributed by atoms with E-state index in [9.17, 15) is 8.78 Å². The van der Waals surface area contributed by atoms with Crippen LogP contribution in [0.4, 0.5) is 8.78 Å². The van der Waals surface area contributed by atoms with Gasteiger partial charge in [0.25, 0.3) is 0 Å². The molecule has 2 rings (SSSR count). The highest BCUT2D eigenvalue weighted by atomic mass is 19.2. The van der Waals surface area contributed by atoms with E-state index in [2.05, 4.69) is 6.92 Å². The molecule has 4 unspecified atom stereocenters. The van der Waals surface area contributed by atoms with Crippen molar-refractivity contribution >= 4 is 0 Å². The highest BCUT2D eigenvalue weighted by molar-refractivity contribution is 4.88. The summed E-state index contributed by atoms with van der Waals surface area (Å²) >= 11 is 0. The Morgan fingerprint density at radius 3 is 1.83 bits per heavy atom. The van der Waals surface area contributed by atoms with Crippen molar-refractivity contribution < 1.29 is 13.5 Å². The van der Waals surface area contributed by atoms with E-state index >= 15 is 0 Å². The van der Waals surface area contributed by atoms with Gasteiger partial charge in [-0.2, -0.15) is 0 Å². The summed E-state index contributed by atoms with van der Waals surface area (Å²) in [6.07, 6.45) is 7.35. The number of halogens is 2. The molecule has 142 valence electrons. The lowest BCUT2D eigenvalue weighted by Gasteiger charge is -2.40. The third-order valence-corrected chi connectivity index (χ3v) is 7.15. The minimum absolute atomic E-state index is 0.148. The second-order valence-corrected chi connectivity index (χ2v) is 8.60. The molecule has 0 amide bonds. The van der Waals surface area contributed by atoms with Gasteiger partial charge >= 0.3 is 0 Å². The Kier molecular flexibility index (Phi) is 7.97. The highest BCUT2D eigenvalue weighted by Gasteiger charge is 2.39. The SMILES string of the molecule is CCC(C1CCC(C2CCC(C)CC2)CC1)C(F)C(F)C(C)OC. The van der Waals surface area contributed by atoms with Crippen LogP contribution in [0.5, 0.6) is 0 Å². The Labute approximate surface area is 147 Å². The maximum atomic E-state index is 14.7. The van der Waals surface area contributed by atoms with Gasteiger partial charge in [0.15, 0.2) is 6.17 Å². The highest BCUT2D eigenvalue weighted by Crippen LogP contribution is 2.44. The number of methoxy groups -OCH3 is 1. The third-order valence-electron chi connectivity index (χ3n) is 7.15. The van der Waals surface area contributed by atoms with Gasteiger partial charge in [-0.05, 0) is 75.0 Å². The number of ether oxygens (including phenoxy) is 1. The van der Waals surface area contributed by atoms with Crippen LogP contribution >= 0.6 is 0 Å². The summed E-state index contributed by atoms with van der Waals surface area (Å²) in [6.45, 7) is 6.01. The van der Waals surface area contributed by atoms with Crippen LogP contribution in [-0.4, -0.2) is 25.6 Å². The molecule has 2 aliphatic carbocycles. The fourth-order valence-corrected chi connectivity index (χ4v) is 5.25. The predicted octanol–water partition coefficient (Wildman–Crippen LogP) is 6.36. The molecule has 2 aliphatic rings. The summed E-state index contributed by atoms with van der Waals surface area (Å²) in [6, 6.07) is 0. The summed E-state index contributed by atoms with van der Waals surface area (Å²) in [5.41, 5.74) is 0. The number of hydrogen-bond acceptors (Lipinski definition) is 1. The molecule has 1 nitrogen and oxygen atoms in total. The molecule has 2 fully saturated rings. The second-order valence-electron chi connectivity index (χ2n) is 8.60. The van der Waals surface area contributed by atoms with E-state index in [1.54, 1.807) is 6.92 Å². The molecule has 2 saturated carbocycles. The molecule has 0 spiro atoms. The summed E-state index contributed by atoms with van der Waals surface area (Å²) in [5.74, 6) is 2.84. The van der Waals surface area contributed by atoms with Gasteiger partial charge in [-0.25, -0.2) is 8.78 Å². The molecule has 0 bridgehead atoms. The molecule has 0 N–H and O–H groups in total. The topological polar surface area (TPSA) is 9.23 Å². The fraction of sp³-hybridized carbons (Fsp3) is 1.00. The van der Waals surface area contributed by atoms with Gasteiger partial charge in [0.1, 0.15) is 6.17 Å². The van der Waals surface area contributed by atoms with Crippen molar-refractivity contribution in [2.75, 3.05) is 7.11 Å². The van der Waals surface area contributed by atoms with Gasteiger partial charge in [0, 0.05) is 7.11 Å². The van der Waals surface area contributed by atoms with Crippen LogP contribution in [0.3, 0.4) is 0 Å². The summed E-state index contributed by atoms with van der Waals surface area (Å²) < 4.78 is 34.0. The quantitative estimate of drug-likeness (QED) is 0.522. The van der Waals surface area contributed by atoms with E-state index in [4.69, 9.17) is 4.74 Å². The molecule has 0 radical (unpaired) electrons. The zero-order chi connectivity index (χ0) is 17.7. The Bertz CT molecular complexity index is 346. The predicted molar refractivity (Wildman–Crippen MR) is 96.6 cm³/mol. The van der Waals surface area contributed by atoms with E-state index < -0.39 is 18.4 Å². The summed E-state index contributed by atoms with van der Waals surface area (Å²) in [7, 11) is 1.46. The van der Waals surface area contributed by atoms with Crippen molar-refractivity contribution in [3.63, 3.8) is 0 Å². The van der Waals surface area contributed by atoms with Gasteiger partial charge in [-0.15, -0.1) is 0 Å². The smallest absolute Gasteiger partial charge is 0.157 e. The second kappa shape index (κ2) is 9.50. The average Bonchev–Trinajstić information content (AvgIpc) is 2.62. The molecule has 0 aliphatic heterocycles. The minimum Gasteiger partial charge on any atom is -0.379 e. The first kappa shape index (κ1) is 20.1. The van der Waals surface area contributed by atoms with Gasteiger partial charge < -0.3 is 4.74 Å². The molecule has 3 heteroatoms. The summed E-state index contributed by atoms with van der Waals surface area (Å²) in [5, 5.41) is 0. The van der Waals surface area contributed by atoms with Crippen LogP contribution in [0.25, 0.3) is 0 Å². The lowest BCUT2D eigenvalue weighted by Crippen LogP contribution is -2.39. The third kappa shape index (κ3) is 4.93. The van der Waals surface area contributed by atoms with E-state index in [1.807, 2.05) is 6.92 Å². The van der Waals surface area contributed by atoms with Crippen molar-refractivity contribution in [1.29, 1.82) is 0 Å². The zero-order valence-electron chi connectivity index (χ0n) is 16.1. The zero-order valence-corrected chi connectivity index (χ0v) is 16.1. The lowest BCUT2D eigenvalue weighted by atomic mass is 9.66. The average molecular weight is 345 g/mol. The first-order valence-electron chi connectivity index (χ1n) is 10.3. The number of alkyl halides is 2. The molecule has 24 heavy (non-hydrogen) atoms. The Balaban J connectivity index is 1.85. The van der Waals surface area contributed by atoms with E-state index in [-0.39, 0.29) is 5.92 Å². The fourth-order valence-electron chi connectivity index (χ4n) is 5.25. The van der Waals surface area contributed by atoms with Crippen molar-refractivity contribution in [3.05, 3.63) is 0 Å². The maximum absolute atomic E-state index is 14.7. The van der Waals surface area contributed by atoms with E-state index in [0.29, 0.717) is 5.92 Å². The monoisotopic (exact) mass is 344 g/mol. The molecule has 0 aromatic rings. The van der Waals surface area contributed by atoms with Crippen molar-refractivity contribution in [2.45, 2.75) is 97.0 Å². The van der Waals surface area contributed by atoms with Crippen LogP contribution in [-0.2, 0) is 4.74 Å². The largest absolute Gasteiger partial charge is 0.379 e. The Hall–Kier alpha value is -0.180. The lowest BCUT2D eigenvalue weighted by molar-refractivity contribution is -0.0282. The van der Waals surface area contributed by atoms with Crippen LogP contribution in [0, 0.1) is 29.6 Å². The minimum atomic E-state index is -1.50. The molecule has 4 atom stereocenters. The van der Waals surface area contributed by atoms with E-state index in [0.717, 1.165) is 37.0 Å². The van der Waals surface area contributed by atoms with E-state index in [1.165, 1.54) is 45.6 Å². The summed E-state index contributed by atoms with van der Waals surface area (Å²) in [4.78, 5) is 0. The number of hydrogen-bond donors (Lipinski definition) is 0. The number of rotatable bonds is 7. The first-order chi connectivity index (χ1) is 11.5. The van der Waals surface area contributed by atoms with Crippen LogP contribution in [0.15, 0.2) is 0 Å². The first-order valence-corrected chi connectivity index (χ1v) is 10.3. The molecular formula is C21H38F2O. The van der Waals surface area contributed by atoms with Crippen molar-refractivity contribution in [2.24, 2.45) is 29.6 Å². The van der Waals surface area contributed by atoms with Gasteiger partial charge in [-0.1, -0.05) is 33.1 Å². The molecule has 0 aromatic heterocycles. The van der Waals surface area contributed by atoms with Crippen molar-refractivity contribution in [1.82, 2.24) is 0 Å². The molecular weight excluding hydrogens is 306 g/mol. The van der Waals surface area contributed by atoms with Crippen LogP contribution in [0.1, 0.15) is 78.6 Å². The van der Waals surface area contributed by atoms with Gasteiger partial charge in [-0.3, -0.25) is 0 Å². The van der Waals surface area contributed by atoms with Crippen LogP contribution < -0.4 is 0 Å². The van der Waals surface area contributed by atoms with Crippen molar-refractivity contribution in [3.8, 4) is 0 Å². The normalized spacial score (nSPS) is 36.8. The van der Waals surface area contributed by atoms with Gasteiger partial charge in [0.05, 0.1) is 6.10 Å².